The third-order valence-corrected chi connectivity index (χ3v) is 11.7. The van der Waals surface area contributed by atoms with E-state index >= 15 is 0 Å². The van der Waals surface area contributed by atoms with Crippen molar-refractivity contribution in [2.45, 2.75) is 63.6 Å². The summed E-state index contributed by atoms with van der Waals surface area (Å²) in [4.78, 5) is 55.8. The summed E-state index contributed by atoms with van der Waals surface area (Å²) in [6, 6.07) is 2.65. The van der Waals surface area contributed by atoms with Crippen LogP contribution in [0.2, 0.25) is 5.02 Å². The minimum Gasteiger partial charge on any atom is -0.504 e. The number of fused-ring (bicyclic) bond motifs is 3. The zero-order valence-corrected chi connectivity index (χ0v) is 30.3. The molecule has 0 radical (unpaired) electrons. The molecule has 0 saturated carbocycles. The maximum Gasteiger partial charge on any atom is 0.416 e. The molecule has 1 saturated heterocycles. The Labute approximate surface area is 308 Å². The number of halogens is 4. The van der Waals surface area contributed by atoms with Gasteiger partial charge in [-0.3, -0.25) is 14.4 Å². The summed E-state index contributed by atoms with van der Waals surface area (Å²) in [6.07, 6.45) is 3.13. The van der Waals surface area contributed by atoms with Gasteiger partial charge >= 0.3 is 6.18 Å². The molecule has 1 spiro atoms. The molecule has 4 aromatic rings. The van der Waals surface area contributed by atoms with E-state index in [0.717, 1.165) is 23.8 Å². The van der Waals surface area contributed by atoms with Gasteiger partial charge in [0.15, 0.2) is 17.3 Å². The molecule has 1 atom stereocenters. The molecule has 1 aromatic carbocycles. The number of carbonyl (C=O) groups excluding carboxylic acids is 2. The summed E-state index contributed by atoms with van der Waals surface area (Å²) >= 11 is 6.15. The van der Waals surface area contributed by atoms with Crippen LogP contribution in [0.3, 0.4) is 0 Å². The van der Waals surface area contributed by atoms with Crippen molar-refractivity contribution in [3.05, 3.63) is 80.0 Å². The number of alkyl halides is 3. The van der Waals surface area contributed by atoms with E-state index in [2.05, 4.69) is 20.4 Å². The van der Waals surface area contributed by atoms with Gasteiger partial charge in [0.05, 0.1) is 33.0 Å². The average Bonchev–Trinajstić information content (AvgIpc) is 3.58. The number of hydrogen-bond acceptors (Lipinski definition) is 9. The molecule has 280 valence electrons. The SMILES string of the molecule is Cc1ncnc(C(=O)N2CCC3(CCCc4c3c(=O)n3nc(C5=CCN(S(C)=O)CC5)nc3n4CC(=O)Nc3ccc(C(F)(F)F)cc3Cl)CC2)c1O. The van der Waals surface area contributed by atoms with Gasteiger partial charge in [-0.25, -0.2) is 18.5 Å². The van der Waals surface area contributed by atoms with Gasteiger partial charge in [0.25, 0.3) is 11.5 Å². The fraction of sp³-hybridized carbons (Fsp3) is 0.441. The first-order valence-corrected chi connectivity index (χ1v) is 18.8. The van der Waals surface area contributed by atoms with Crippen LogP contribution in [0.5, 0.6) is 5.75 Å². The summed E-state index contributed by atoms with van der Waals surface area (Å²) in [5, 5.41) is 17.4. The van der Waals surface area contributed by atoms with Crippen LogP contribution >= 0.6 is 11.6 Å². The van der Waals surface area contributed by atoms with Gasteiger partial charge in [-0.1, -0.05) is 17.7 Å². The molecule has 2 aliphatic heterocycles. The van der Waals surface area contributed by atoms with Crippen LogP contribution < -0.4 is 10.9 Å². The number of piperidine rings is 1. The number of aromatic nitrogens is 6. The highest BCUT2D eigenvalue weighted by Gasteiger charge is 2.45. The number of amides is 2. The van der Waals surface area contributed by atoms with E-state index in [9.17, 15) is 36.9 Å². The van der Waals surface area contributed by atoms with Gasteiger partial charge < -0.3 is 19.9 Å². The van der Waals surface area contributed by atoms with E-state index in [1.165, 1.54) is 10.8 Å². The molecule has 53 heavy (non-hydrogen) atoms. The number of benzene rings is 1. The van der Waals surface area contributed by atoms with Crippen molar-refractivity contribution in [2.75, 3.05) is 37.8 Å². The molecule has 19 heteroatoms. The Bertz CT molecular complexity index is 2270. The van der Waals surface area contributed by atoms with Crippen molar-refractivity contribution in [1.29, 1.82) is 0 Å². The zero-order chi connectivity index (χ0) is 37.8. The van der Waals surface area contributed by atoms with Crippen LogP contribution in [-0.4, -0.2) is 91.9 Å². The second-order valence-electron chi connectivity index (χ2n) is 13.5. The first-order chi connectivity index (χ1) is 25.2. The van der Waals surface area contributed by atoms with Gasteiger partial charge in [-0.2, -0.15) is 22.7 Å². The minimum absolute atomic E-state index is 0.0126. The summed E-state index contributed by atoms with van der Waals surface area (Å²) in [5.74, 6) is -0.925. The normalized spacial score (nSPS) is 18.2. The van der Waals surface area contributed by atoms with Gasteiger partial charge in [0.1, 0.15) is 12.9 Å². The van der Waals surface area contributed by atoms with Crippen molar-refractivity contribution in [3.8, 4) is 5.75 Å². The van der Waals surface area contributed by atoms with Gasteiger partial charge in [-0.15, -0.1) is 5.10 Å². The lowest BCUT2D eigenvalue weighted by Gasteiger charge is -2.45. The van der Waals surface area contributed by atoms with Crippen molar-refractivity contribution in [2.24, 2.45) is 0 Å². The van der Waals surface area contributed by atoms with Crippen LogP contribution in [0.1, 0.15) is 70.9 Å². The Morgan fingerprint density at radius 3 is 2.53 bits per heavy atom. The van der Waals surface area contributed by atoms with Crippen LogP contribution in [0.4, 0.5) is 18.9 Å². The van der Waals surface area contributed by atoms with Crippen LogP contribution in [0.15, 0.2) is 35.4 Å². The molecule has 14 nitrogen and oxygen atoms in total. The third-order valence-electron chi connectivity index (χ3n) is 10.4. The lowest BCUT2D eigenvalue weighted by Crippen LogP contribution is -2.50. The molecule has 2 amide bonds. The van der Waals surface area contributed by atoms with E-state index in [1.54, 1.807) is 27.0 Å². The fourth-order valence-corrected chi connectivity index (χ4v) is 8.40. The number of nitrogens with zero attached hydrogens (tertiary/aromatic N) is 8. The van der Waals surface area contributed by atoms with E-state index in [-0.39, 0.29) is 58.8 Å². The van der Waals surface area contributed by atoms with E-state index in [1.807, 2.05) is 6.08 Å². The quantitative estimate of drug-likeness (QED) is 0.296. The van der Waals surface area contributed by atoms with E-state index in [4.69, 9.17) is 16.6 Å². The van der Waals surface area contributed by atoms with Crippen molar-refractivity contribution in [1.82, 2.24) is 38.3 Å². The molecule has 0 bridgehead atoms. The monoisotopic (exact) mass is 773 g/mol. The number of aryl methyl sites for hydroxylation is 1. The molecule has 1 unspecified atom stereocenters. The first-order valence-electron chi connectivity index (χ1n) is 16.9. The second-order valence-corrected chi connectivity index (χ2v) is 15.2. The predicted molar refractivity (Wildman–Crippen MR) is 189 cm³/mol. The molecule has 2 N–H and O–H groups in total. The van der Waals surface area contributed by atoms with Crippen molar-refractivity contribution >= 4 is 51.4 Å². The Morgan fingerprint density at radius 1 is 1.11 bits per heavy atom. The van der Waals surface area contributed by atoms with E-state index < -0.39 is 40.0 Å². The Balaban J connectivity index is 1.26. The molecule has 3 aliphatic rings. The molecular weight excluding hydrogens is 739 g/mol. The smallest absolute Gasteiger partial charge is 0.416 e. The number of hydrogen-bond donors (Lipinski definition) is 2. The first kappa shape index (κ1) is 36.7. The Kier molecular flexibility index (Phi) is 9.65. The predicted octanol–water partition coefficient (Wildman–Crippen LogP) is 3.90. The van der Waals surface area contributed by atoms with Crippen molar-refractivity contribution in [3.63, 3.8) is 0 Å². The lowest BCUT2D eigenvalue weighted by atomic mass is 9.66. The number of rotatable bonds is 6. The van der Waals surface area contributed by atoms with Crippen LogP contribution in [0.25, 0.3) is 11.4 Å². The number of aromatic hydroxyl groups is 1. The number of likely N-dealkylation sites (tertiary alicyclic amines) is 1. The van der Waals surface area contributed by atoms with Gasteiger partial charge in [0, 0.05) is 49.1 Å². The maximum absolute atomic E-state index is 14.5. The Morgan fingerprint density at radius 2 is 1.87 bits per heavy atom. The average molecular weight is 774 g/mol. The molecular formula is C34H35ClF3N9O5S. The maximum atomic E-state index is 14.5. The fourth-order valence-electron chi connectivity index (χ4n) is 7.54. The highest BCUT2D eigenvalue weighted by atomic mass is 35.5. The standard InChI is InChI=1S/C34H35ClF3N9O5S/c1-19-28(49)27(40-18-39-19)31(51)44-14-10-33(11-15-44)9-3-4-24-26(33)30(50)47-32(42-29(43-47)20-7-12-45(13-8-20)53(2)52)46(24)17-25(48)41-23-6-5-21(16-22(23)35)34(36,37)38/h5-7,16,18,49H,3-4,8-15,17H2,1-2H3,(H,41,48). The molecule has 1 aliphatic carbocycles. The summed E-state index contributed by atoms with van der Waals surface area (Å²) in [6.45, 7) is 2.66. The van der Waals surface area contributed by atoms with Crippen LogP contribution in [-0.2, 0) is 40.3 Å². The van der Waals surface area contributed by atoms with Gasteiger partial charge in [-0.05, 0) is 69.2 Å². The molecule has 5 heterocycles. The molecule has 1 fully saturated rings. The van der Waals surface area contributed by atoms with E-state index in [0.29, 0.717) is 68.7 Å². The number of nitrogens with one attached hydrogen (secondary N) is 1. The largest absolute Gasteiger partial charge is 0.504 e. The summed E-state index contributed by atoms with van der Waals surface area (Å²) in [5.41, 5.74) is -0.0153. The molecule has 7 rings (SSSR count). The Hall–Kier alpha value is -4.68. The van der Waals surface area contributed by atoms with Crippen LogP contribution in [0, 0.1) is 6.92 Å². The summed E-state index contributed by atoms with van der Waals surface area (Å²) < 4.78 is 56.4. The third kappa shape index (κ3) is 6.83. The van der Waals surface area contributed by atoms with Gasteiger partial charge in [0.2, 0.25) is 11.7 Å². The topological polar surface area (TPSA) is 168 Å². The number of carbonyl (C=O) groups is 2. The highest BCUT2D eigenvalue weighted by Crippen LogP contribution is 2.44. The zero-order valence-electron chi connectivity index (χ0n) is 28.7. The lowest BCUT2D eigenvalue weighted by molar-refractivity contribution is -0.137. The summed E-state index contributed by atoms with van der Waals surface area (Å²) in [7, 11) is -1.17. The van der Waals surface area contributed by atoms with Crippen molar-refractivity contribution < 1.29 is 32.1 Å². The minimum atomic E-state index is -4.62. The number of anilines is 1. The highest BCUT2D eigenvalue weighted by molar-refractivity contribution is 7.81. The molecule has 3 aromatic heterocycles. The second kappa shape index (κ2) is 13.9.